The highest BCUT2D eigenvalue weighted by atomic mass is 35.5. The van der Waals surface area contributed by atoms with Crippen molar-refractivity contribution in [2.45, 2.75) is 50.2 Å². The Morgan fingerprint density at radius 2 is 1.44 bits per heavy atom. The van der Waals surface area contributed by atoms with Crippen molar-refractivity contribution in [1.82, 2.24) is 10.2 Å². The molecule has 45 heavy (non-hydrogen) atoms. The fourth-order valence-electron chi connectivity index (χ4n) is 4.84. The van der Waals surface area contributed by atoms with E-state index in [4.69, 9.17) is 16.3 Å². The number of carbonyl (C=O) groups excluding carboxylic acids is 2. The van der Waals surface area contributed by atoms with E-state index in [2.05, 4.69) is 5.32 Å². The minimum absolute atomic E-state index is 0.00680. The van der Waals surface area contributed by atoms with Gasteiger partial charge >= 0.3 is 0 Å². The zero-order valence-corrected chi connectivity index (χ0v) is 27.4. The largest absolute Gasteiger partial charge is 0.497 e. The minimum atomic E-state index is -4.21. The molecule has 0 saturated heterocycles. The smallest absolute Gasteiger partial charge is 0.264 e. The fraction of sp³-hybridized carbons (Fsp3) is 0.257. The van der Waals surface area contributed by atoms with Crippen LogP contribution in [0.25, 0.3) is 0 Å². The molecule has 0 spiro atoms. The molecular weight excluding hydrogens is 610 g/mol. The Labute approximate surface area is 270 Å². The standard InChI is InChI=1S/C35H38ClN3O5S/c1-35(2,3)37-34(41)32(23-26-12-7-5-8-13-26)38(24-27-14-11-15-28(36)22-27)33(40)25-39(29-16-9-6-10-17-29)45(42,43)31-20-18-30(44-4)19-21-31/h5-22,32H,23-25H2,1-4H3,(H,37,41)/t32-/m1/s1. The third-order valence-electron chi connectivity index (χ3n) is 6.98. The van der Waals surface area contributed by atoms with Gasteiger partial charge in [-0.2, -0.15) is 0 Å². The van der Waals surface area contributed by atoms with Crippen LogP contribution in [0.15, 0.2) is 114 Å². The average Bonchev–Trinajstić information content (AvgIpc) is 3.01. The molecule has 8 nitrogen and oxygen atoms in total. The minimum Gasteiger partial charge on any atom is -0.497 e. The molecule has 0 aliphatic heterocycles. The van der Waals surface area contributed by atoms with Gasteiger partial charge in [-0.05, 0) is 80.4 Å². The average molecular weight is 648 g/mol. The number of hydrogen-bond acceptors (Lipinski definition) is 5. The Kier molecular flexibility index (Phi) is 10.9. The molecule has 0 fully saturated rings. The number of hydrogen-bond donors (Lipinski definition) is 1. The van der Waals surface area contributed by atoms with Gasteiger partial charge in [0.2, 0.25) is 11.8 Å². The highest BCUT2D eigenvalue weighted by Gasteiger charge is 2.35. The normalized spacial score (nSPS) is 12.2. The van der Waals surface area contributed by atoms with Crippen molar-refractivity contribution in [2.24, 2.45) is 0 Å². The van der Waals surface area contributed by atoms with Crippen LogP contribution in [0.2, 0.25) is 5.02 Å². The molecule has 0 radical (unpaired) electrons. The Morgan fingerprint density at radius 1 is 0.844 bits per heavy atom. The Morgan fingerprint density at radius 3 is 2.02 bits per heavy atom. The van der Waals surface area contributed by atoms with Gasteiger partial charge in [-0.3, -0.25) is 13.9 Å². The van der Waals surface area contributed by atoms with Crippen molar-refractivity contribution in [3.05, 3.63) is 125 Å². The van der Waals surface area contributed by atoms with Crippen LogP contribution in [-0.2, 0) is 32.6 Å². The summed E-state index contributed by atoms with van der Waals surface area (Å²) in [7, 11) is -2.72. The van der Waals surface area contributed by atoms with E-state index in [1.165, 1.54) is 24.1 Å². The van der Waals surface area contributed by atoms with Gasteiger partial charge in [0.05, 0.1) is 17.7 Å². The number of carbonyl (C=O) groups is 2. The first-order valence-electron chi connectivity index (χ1n) is 14.5. The van der Waals surface area contributed by atoms with Crippen LogP contribution in [-0.4, -0.2) is 50.4 Å². The van der Waals surface area contributed by atoms with Crippen LogP contribution in [0.1, 0.15) is 31.9 Å². The van der Waals surface area contributed by atoms with E-state index < -0.39 is 34.1 Å². The van der Waals surface area contributed by atoms with Crippen LogP contribution in [0.4, 0.5) is 5.69 Å². The zero-order chi connectivity index (χ0) is 32.6. The third-order valence-corrected chi connectivity index (χ3v) is 9.00. The summed E-state index contributed by atoms with van der Waals surface area (Å²) in [6.45, 7) is 5.08. The van der Waals surface area contributed by atoms with Crippen LogP contribution in [0.3, 0.4) is 0 Å². The fourth-order valence-corrected chi connectivity index (χ4v) is 6.46. The van der Waals surface area contributed by atoms with Gasteiger partial charge in [0, 0.05) is 23.5 Å². The quantitative estimate of drug-likeness (QED) is 0.201. The molecule has 0 unspecified atom stereocenters. The number of amides is 2. The van der Waals surface area contributed by atoms with E-state index in [1.807, 2.05) is 57.2 Å². The summed E-state index contributed by atoms with van der Waals surface area (Å²) >= 11 is 6.30. The summed E-state index contributed by atoms with van der Waals surface area (Å²) in [4.78, 5) is 29.8. The molecule has 10 heteroatoms. The van der Waals surface area contributed by atoms with Crippen LogP contribution >= 0.6 is 11.6 Å². The van der Waals surface area contributed by atoms with Gasteiger partial charge in [-0.1, -0.05) is 72.3 Å². The van der Waals surface area contributed by atoms with Gasteiger partial charge in [0.1, 0.15) is 18.3 Å². The monoisotopic (exact) mass is 647 g/mol. The number of halogens is 1. The van der Waals surface area contributed by atoms with E-state index in [0.717, 1.165) is 9.87 Å². The lowest BCUT2D eigenvalue weighted by Gasteiger charge is -2.35. The SMILES string of the molecule is COc1ccc(S(=O)(=O)N(CC(=O)N(Cc2cccc(Cl)c2)[C@H](Cc2ccccc2)C(=O)NC(C)(C)C)c2ccccc2)cc1. The van der Waals surface area contributed by atoms with Crippen LogP contribution < -0.4 is 14.4 Å². The van der Waals surface area contributed by atoms with Crippen molar-refractivity contribution in [1.29, 1.82) is 0 Å². The summed E-state index contributed by atoms with van der Waals surface area (Å²) < 4.78 is 34.5. The molecule has 0 heterocycles. The molecule has 2 amide bonds. The number of nitrogens with one attached hydrogen (secondary N) is 1. The highest BCUT2D eigenvalue weighted by Crippen LogP contribution is 2.26. The number of rotatable bonds is 12. The summed E-state index contributed by atoms with van der Waals surface area (Å²) in [5, 5.41) is 3.50. The number of benzene rings is 4. The summed E-state index contributed by atoms with van der Waals surface area (Å²) in [5.41, 5.74) is 1.27. The van der Waals surface area contributed by atoms with Crippen molar-refractivity contribution in [3.63, 3.8) is 0 Å². The van der Waals surface area contributed by atoms with E-state index >= 15 is 0 Å². The van der Waals surface area contributed by atoms with Crippen molar-refractivity contribution < 1.29 is 22.7 Å². The molecule has 0 aromatic heterocycles. The van der Waals surface area contributed by atoms with Gasteiger partial charge in [-0.15, -0.1) is 0 Å². The maximum Gasteiger partial charge on any atom is 0.264 e. The number of para-hydroxylation sites is 1. The summed E-state index contributed by atoms with van der Waals surface area (Å²) in [5.74, 6) is -0.412. The maximum atomic E-state index is 14.5. The predicted octanol–water partition coefficient (Wildman–Crippen LogP) is 6.10. The number of nitrogens with zero attached hydrogens (tertiary/aromatic N) is 2. The van der Waals surface area contributed by atoms with E-state index in [9.17, 15) is 18.0 Å². The lowest BCUT2D eigenvalue weighted by atomic mass is 10.0. The lowest BCUT2D eigenvalue weighted by Crippen LogP contribution is -2.56. The lowest BCUT2D eigenvalue weighted by molar-refractivity contribution is -0.140. The molecular formula is C35H38ClN3O5S. The van der Waals surface area contributed by atoms with Gasteiger partial charge < -0.3 is 15.0 Å². The summed E-state index contributed by atoms with van der Waals surface area (Å²) in [6, 6.07) is 29.9. The van der Waals surface area contributed by atoms with Gasteiger partial charge in [-0.25, -0.2) is 8.42 Å². The number of methoxy groups -OCH3 is 1. The van der Waals surface area contributed by atoms with Crippen molar-refractivity contribution >= 4 is 39.1 Å². The van der Waals surface area contributed by atoms with Crippen molar-refractivity contribution in [2.75, 3.05) is 18.0 Å². The van der Waals surface area contributed by atoms with Crippen LogP contribution in [0, 0.1) is 0 Å². The zero-order valence-electron chi connectivity index (χ0n) is 25.8. The molecule has 0 aliphatic carbocycles. The molecule has 0 aliphatic rings. The predicted molar refractivity (Wildman–Crippen MR) is 178 cm³/mol. The molecule has 1 atom stereocenters. The molecule has 1 N–H and O–H groups in total. The molecule has 0 saturated carbocycles. The summed E-state index contributed by atoms with van der Waals surface area (Å²) in [6.07, 6.45) is 0.214. The highest BCUT2D eigenvalue weighted by molar-refractivity contribution is 7.92. The first-order valence-corrected chi connectivity index (χ1v) is 16.3. The second-order valence-electron chi connectivity index (χ2n) is 11.6. The topological polar surface area (TPSA) is 96.0 Å². The van der Waals surface area contributed by atoms with E-state index in [-0.39, 0.29) is 23.8 Å². The van der Waals surface area contributed by atoms with Gasteiger partial charge in [0.15, 0.2) is 0 Å². The molecule has 4 rings (SSSR count). The van der Waals surface area contributed by atoms with Crippen molar-refractivity contribution in [3.8, 4) is 5.75 Å². The van der Waals surface area contributed by atoms with E-state index in [0.29, 0.717) is 22.0 Å². The number of sulfonamides is 1. The first-order chi connectivity index (χ1) is 21.4. The Hall–Kier alpha value is -4.34. The van der Waals surface area contributed by atoms with E-state index in [1.54, 1.807) is 60.7 Å². The second kappa shape index (κ2) is 14.6. The first kappa shape index (κ1) is 33.6. The molecule has 4 aromatic rings. The Balaban J connectivity index is 1.80. The Bertz CT molecular complexity index is 1690. The third kappa shape index (κ3) is 9.09. The molecule has 0 bridgehead atoms. The number of anilines is 1. The van der Waals surface area contributed by atoms with Crippen LogP contribution in [0.5, 0.6) is 5.75 Å². The molecule has 236 valence electrons. The van der Waals surface area contributed by atoms with Gasteiger partial charge in [0.25, 0.3) is 10.0 Å². The maximum absolute atomic E-state index is 14.5. The molecule has 4 aromatic carbocycles. The number of ether oxygens (including phenoxy) is 1. The second-order valence-corrected chi connectivity index (χ2v) is 13.9.